The summed E-state index contributed by atoms with van der Waals surface area (Å²) in [6.45, 7) is 4.35. The molecule has 2 heterocycles. The van der Waals surface area contributed by atoms with E-state index in [1.807, 2.05) is 6.34 Å². The standard InChI is InChI=1S/C9H18N4/c1-2-3-4-8-6-13-7-11-12-9(13)5-10-8/h7-10,12H,2-6H2,1H3. The van der Waals surface area contributed by atoms with Gasteiger partial charge in [-0.2, -0.15) is 5.10 Å². The molecule has 1 fully saturated rings. The molecule has 0 aromatic heterocycles. The van der Waals surface area contributed by atoms with Crippen molar-refractivity contribution in [2.24, 2.45) is 5.10 Å². The third-order valence-corrected chi connectivity index (χ3v) is 2.77. The first-order valence-corrected chi connectivity index (χ1v) is 5.18. The summed E-state index contributed by atoms with van der Waals surface area (Å²) in [5.41, 5.74) is 3.07. The molecule has 2 rings (SSSR count). The van der Waals surface area contributed by atoms with E-state index < -0.39 is 0 Å². The van der Waals surface area contributed by atoms with Gasteiger partial charge in [0.1, 0.15) is 12.5 Å². The van der Waals surface area contributed by atoms with Crippen molar-refractivity contribution >= 4 is 6.34 Å². The lowest BCUT2D eigenvalue weighted by Crippen LogP contribution is -2.57. The molecule has 4 nitrogen and oxygen atoms in total. The van der Waals surface area contributed by atoms with Gasteiger partial charge < -0.3 is 10.2 Å². The second-order valence-corrected chi connectivity index (χ2v) is 3.83. The molecule has 0 amide bonds. The molecule has 2 aliphatic heterocycles. The smallest absolute Gasteiger partial charge is 0.128 e. The Balaban J connectivity index is 1.79. The van der Waals surface area contributed by atoms with Crippen LogP contribution in [0.1, 0.15) is 26.2 Å². The van der Waals surface area contributed by atoms with Crippen LogP contribution in [0.25, 0.3) is 0 Å². The normalized spacial score (nSPS) is 31.6. The zero-order valence-corrected chi connectivity index (χ0v) is 8.16. The zero-order valence-electron chi connectivity index (χ0n) is 8.16. The molecule has 2 atom stereocenters. The van der Waals surface area contributed by atoms with Gasteiger partial charge >= 0.3 is 0 Å². The van der Waals surface area contributed by atoms with Crippen LogP contribution in [0.5, 0.6) is 0 Å². The largest absolute Gasteiger partial charge is 0.337 e. The average Bonchev–Trinajstić information content (AvgIpc) is 2.61. The number of hydrazone groups is 1. The molecule has 2 aliphatic rings. The van der Waals surface area contributed by atoms with Crippen LogP contribution in [0, 0.1) is 0 Å². The minimum atomic E-state index is 0.401. The van der Waals surface area contributed by atoms with Crippen molar-refractivity contribution in [2.45, 2.75) is 38.4 Å². The van der Waals surface area contributed by atoms with Crippen molar-refractivity contribution in [3.63, 3.8) is 0 Å². The first-order valence-electron chi connectivity index (χ1n) is 5.18. The van der Waals surface area contributed by atoms with Crippen LogP contribution >= 0.6 is 0 Å². The predicted molar refractivity (Wildman–Crippen MR) is 53.4 cm³/mol. The number of nitrogens with zero attached hydrogens (tertiary/aromatic N) is 2. The van der Waals surface area contributed by atoms with E-state index in [0.717, 1.165) is 13.1 Å². The highest BCUT2D eigenvalue weighted by molar-refractivity contribution is 5.57. The van der Waals surface area contributed by atoms with Crippen LogP contribution in [0.2, 0.25) is 0 Å². The molecule has 0 bridgehead atoms. The quantitative estimate of drug-likeness (QED) is 0.660. The van der Waals surface area contributed by atoms with Gasteiger partial charge in [-0.3, -0.25) is 5.43 Å². The molecule has 2 unspecified atom stereocenters. The summed E-state index contributed by atoms with van der Waals surface area (Å²) < 4.78 is 0. The number of hydrogen-bond donors (Lipinski definition) is 2. The molecule has 4 heteroatoms. The molecule has 0 aromatic carbocycles. The fraction of sp³-hybridized carbons (Fsp3) is 0.889. The Labute approximate surface area is 79.4 Å². The fourth-order valence-corrected chi connectivity index (χ4v) is 1.93. The summed E-state index contributed by atoms with van der Waals surface area (Å²) in [6.07, 6.45) is 6.21. The molecule has 0 aromatic rings. The topological polar surface area (TPSA) is 39.7 Å². The third kappa shape index (κ3) is 1.94. The molecular weight excluding hydrogens is 164 g/mol. The number of piperazine rings is 1. The van der Waals surface area contributed by atoms with Gasteiger partial charge in [-0.1, -0.05) is 19.8 Å². The lowest BCUT2D eigenvalue weighted by Gasteiger charge is -2.35. The molecule has 0 radical (unpaired) electrons. The van der Waals surface area contributed by atoms with Crippen molar-refractivity contribution in [1.82, 2.24) is 15.6 Å². The number of hydrogen-bond acceptors (Lipinski definition) is 4. The van der Waals surface area contributed by atoms with Gasteiger partial charge in [-0.25, -0.2) is 0 Å². The number of nitrogens with one attached hydrogen (secondary N) is 2. The van der Waals surface area contributed by atoms with Crippen molar-refractivity contribution in [3.05, 3.63) is 0 Å². The summed E-state index contributed by atoms with van der Waals surface area (Å²) in [4.78, 5) is 2.29. The number of rotatable bonds is 3. The van der Waals surface area contributed by atoms with E-state index in [1.165, 1.54) is 19.3 Å². The van der Waals surface area contributed by atoms with E-state index in [0.29, 0.717) is 12.2 Å². The molecule has 0 aliphatic carbocycles. The van der Waals surface area contributed by atoms with Crippen LogP contribution in [0.3, 0.4) is 0 Å². The first kappa shape index (κ1) is 8.81. The van der Waals surface area contributed by atoms with Crippen molar-refractivity contribution in [1.29, 1.82) is 0 Å². The minimum absolute atomic E-state index is 0.401. The van der Waals surface area contributed by atoms with Crippen LogP contribution in [-0.2, 0) is 0 Å². The van der Waals surface area contributed by atoms with E-state index in [2.05, 4.69) is 27.7 Å². The fourth-order valence-electron chi connectivity index (χ4n) is 1.93. The third-order valence-electron chi connectivity index (χ3n) is 2.77. The van der Waals surface area contributed by atoms with Gasteiger partial charge in [0.15, 0.2) is 0 Å². The molecule has 0 saturated carbocycles. The SMILES string of the molecule is CCCCC1CN2C=NNC2CN1. The second-order valence-electron chi connectivity index (χ2n) is 3.83. The van der Waals surface area contributed by atoms with Gasteiger partial charge in [0.05, 0.1) is 0 Å². The Morgan fingerprint density at radius 3 is 3.38 bits per heavy atom. The van der Waals surface area contributed by atoms with Crippen LogP contribution < -0.4 is 10.7 Å². The Bertz CT molecular complexity index is 192. The highest BCUT2D eigenvalue weighted by Gasteiger charge is 2.27. The first-order chi connectivity index (χ1) is 6.40. The van der Waals surface area contributed by atoms with E-state index in [-0.39, 0.29) is 0 Å². The van der Waals surface area contributed by atoms with Gasteiger partial charge in [0.2, 0.25) is 0 Å². The monoisotopic (exact) mass is 182 g/mol. The average molecular weight is 182 g/mol. The maximum atomic E-state index is 4.05. The van der Waals surface area contributed by atoms with Crippen LogP contribution in [0.4, 0.5) is 0 Å². The highest BCUT2D eigenvalue weighted by atomic mass is 15.5. The van der Waals surface area contributed by atoms with Crippen molar-refractivity contribution in [3.8, 4) is 0 Å². The Morgan fingerprint density at radius 2 is 2.54 bits per heavy atom. The minimum Gasteiger partial charge on any atom is -0.337 e. The molecule has 2 N–H and O–H groups in total. The lowest BCUT2D eigenvalue weighted by atomic mass is 10.1. The Kier molecular flexibility index (Phi) is 2.68. The molecule has 74 valence electrons. The summed E-state index contributed by atoms with van der Waals surface area (Å²) in [6, 6.07) is 0.655. The summed E-state index contributed by atoms with van der Waals surface area (Å²) in [7, 11) is 0. The summed E-state index contributed by atoms with van der Waals surface area (Å²) in [5, 5.41) is 7.59. The molecule has 1 saturated heterocycles. The second kappa shape index (κ2) is 3.96. The van der Waals surface area contributed by atoms with Crippen LogP contribution in [0.15, 0.2) is 5.10 Å². The predicted octanol–water partition coefficient (Wildman–Crippen LogP) is 0.323. The highest BCUT2D eigenvalue weighted by Crippen LogP contribution is 2.10. The molecular formula is C9H18N4. The van der Waals surface area contributed by atoms with Crippen molar-refractivity contribution < 1.29 is 0 Å². The number of fused-ring (bicyclic) bond motifs is 1. The lowest BCUT2D eigenvalue weighted by molar-refractivity contribution is 0.203. The van der Waals surface area contributed by atoms with Crippen LogP contribution in [-0.4, -0.2) is 36.5 Å². The maximum Gasteiger partial charge on any atom is 0.128 e. The van der Waals surface area contributed by atoms with Gasteiger partial charge in [0.25, 0.3) is 0 Å². The zero-order chi connectivity index (χ0) is 9.10. The number of unbranched alkanes of at least 4 members (excludes halogenated alkanes) is 1. The van der Waals surface area contributed by atoms with Gasteiger partial charge in [-0.15, -0.1) is 0 Å². The van der Waals surface area contributed by atoms with Crippen molar-refractivity contribution in [2.75, 3.05) is 13.1 Å². The summed E-state index contributed by atoms with van der Waals surface area (Å²) in [5.74, 6) is 0. The molecule has 0 spiro atoms. The summed E-state index contributed by atoms with van der Waals surface area (Å²) >= 11 is 0. The van der Waals surface area contributed by atoms with E-state index in [1.54, 1.807) is 0 Å². The Morgan fingerprint density at radius 1 is 1.62 bits per heavy atom. The van der Waals surface area contributed by atoms with E-state index in [9.17, 15) is 0 Å². The Hall–Kier alpha value is -0.770. The van der Waals surface area contributed by atoms with E-state index >= 15 is 0 Å². The maximum absolute atomic E-state index is 4.05. The van der Waals surface area contributed by atoms with Gasteiger partial charge in [0, 0.05) is 19.1 Å². The molecule has 13 heavy (non-hydrogen) atoms. The van der Waals surface area contributed by atoms with Gasteiger partial charge in [-0.05, 0) is 6.42 Å². The van der Waals surface area contributed by atoms with E-state index in [4.69, 9.17) is 0 Å².